The van der Waals surface area contributed by atoms with Crippen LogP contribution in [0.4, 0.5) is 11.6 Å². The standard InChI is InChI=1S/C44H45ClN8O5/c1-44(2,31-21-29(25-46)22-32(45)23-31)30-3-6-35(7-4-30)58-27-33-11-14-47-43(48-33)52-19-17-50(18-20-52)26-28-12-15-51(16-13-28)34-5-8-36-37(24-34)42(57)53(41(36)56)38-9-10-39(54)49-40(38)55/h3-8,11,14,21-24,28,38H,9-10,12-13,15-20,26-27H2,1-2H3,(H,49,54,55). The number of rotatable bonds is 10. The Hall–Kier alpha value is -5.84. The Bertz CT molecular complexity index is 2290. The molecule has 4 amide bonds. The third kappa shape index (κ3) is 7.99. The molecule has 298 valence electrons. The molecule has 13 nitrogen and oxygen atoms in total. The lowest BCUT2D eigenvalue weighted by Crippen LogP contribution is -2.54. The van der Waals surface area contributed by atoms with Crippen molar-refractivity contribution in [1.29, 1.82) is 5.26 Å². The van der Waals surface area contributed by atoms with E-state index >= 15 is 0 Å². The SMILES string of the molecule is CC(C)(c1ccc(OCc2ccnc(N3CCN(CC4CCN(c5ccc6c(c5)C(=O)N(C5CCC(=O)NC5=O)C6=O)CC4)CC3)n2)cc1)c1cc(Cl)cc(C#N)c1. The molecule has 1 unspecified atom stereocenters. The van der Waals surface area contributed by atoms with E-state index in [0.29, 0.717) is 40.2 Å². The van der Waals surface area contributed by atoms with Gasteiger partial charge in [0.25, 0.3) is 11.8 Å². The first-order valence-corrected chi connectivity index (χ1v) is 20.2. The number of piperazine rings is 1. The molecule has 4 aromatic rings. The van der Waals surface area contributed by atoms with Crippen LogP contribution in [0.1, 0.15) is 82.6 Å². The van der Waals surface area contributed by atoms with Crippen LogP contribution in [0.25, 0.3) is 0 Å². The highest BCUT2D eigenvalue weighted by molar-refractivity contribution is 6.30. The molecule has 1 aromatic heterocycles. The summed E-state index contributed by atoms with van der Waals surface area (Å²) in [6.07, 6.45) is 4.05. The maximum absolute atomic E-state index is 13.3. The van der Waals surface area contributed by atoms with Crippen molar-refractivity contribution >= 4 is 46.9 Å². The summed E-state index contributed by atoms with van der Waals surface area (Å²) < 4.78 is 6.13. The minimum absolute atomic E-state index is 0.0937. The largest absolute Gasteiger partial charge is 0.487 e. The van der Waals surface area contributed by atoms with Crippen molar-refractivity contribution in [2.24, 2.45) is 5.92 Å². The molecule has 1 atom stereocenters. The van der Waals surface area contributed by atoms with Crippen LogP contribution in [0.3, 0.4) is 0 Å². The number of nitrogens with one attached hydrogen (secondary N) is 1. The van der Waals surface area contributed by atoms with Crippen molar-refractivity contribution in [3.05, 3.63) is 111 Å². The fourth-order valence-corrected chi connectivity index (χ4v) is 8.68. The number of benzene rings is 3. The van der Waals surface area contributed by atoms with Gasteiger partial charge in [-0.3, -0.25) is 34.3 Å². The molecule has 4 aliphatic heterocycles. The van der Waals surface area contributed by atoms with Gasteiger partial charge in [0.15, 0.2) is 0 Å². The summed E-state index contributed by atoms with van der Waals surface area (Å²) >= 11 is 6.30. The Morgan fingerprint density at radius 2 is 1.59 bits per heavy atom. The van der Waals surface area contributed by atoms with Gasteiger partial charge in [-0.15, -0.1) is 0 Å². The molecule has 3 aromatic carbocycles. The minimum Gasteiger partial charge on any atom is -0.487 e. The predicted molar refractivity (Wildman–Crippen MR) is 218 cm³/mol. The van der Waals surface area contributed by atoms with E-state index in [-0.39, 0.29) is 18.3 Å². The van der Waals surface area contributed by atoms with Crippen LogP contribution < -0.4 is 19.9 Å². The Labute approximate surface area is 342 Å². The quantitative estimate of drug-likeness (QED) is 0.207. The number of nitrogens with zero attached hydrogens (tertiary/aromatic N) is 7. The van der Waals surface area contributed by atoms with Gasteiger partial charge in [-0.25, -0.2) is 9.97 Å². The maximum Gasteiger partial charge on any atom is 0.262 e. The van der Waals surface area contributed by atoms with Gasteiger partial charge in [0.1, 0.15) is 18.4 Å². The lowest BCUT2D eigenvalue weighted by molar-refractivity contribution is -0.136. The van der Waals surface area contributed by atoms with Crippen LogP contribution in [0.2, 0.25) is 5.02 Å². The van der Waals surface area contributed by atoms with Crippen LogP contribution in [0.5, 0.6) is 5.75 Å². The number of carbonyl (C=O) groups is 4. The molecule has 0 aliphatic carbocycles. The monoisotopic (exact) mass is 800 g/mol. The summed E-state index contributed by atoms with van der Waals surface area (Å²) in [5.74, 6) is 0.0316. The average molecular weight is 801 g/mol. The second kappa shape index (κ2) is 16.2. The Morgan fingerprint density at radius 1 is 0.845 bits per heavy atom. The molecule has 0 radical (unpaired) electrons. The van der Waals surface area contributed by atoms with E-state index < -0.39 is 29.7 Å². The van der Waals surface area contributed by atoms with E-state index in [0.717, 1.165) is 91.8 Å². The Morgan fingerprint density at radius 3 is 2.31 bits per heavy atom. The summed E-state index contributed by atoms with van der Waals surface area (Å²) in [6, 6.07) is 21.9. The summed E-state index contributed by atoms with van der Waals surface area (Å²) in [7, 11) is 0. The van der Waals surface area contributed by atoms with Crippen molar-refractivity contribution in [3.63, 3.8) is 0 Å². The summed E-state index contributed by atoms with van der Waals surface area (Å²) in [6.45, 7) is 10.8. The topological polar surface area (TPSA) is 152 Å². The number of carbonyl (C=O) groups excluding carboxylic acids is 4. The number of halogens is 1. The lowest BCUT2D eigenvalue weighted by Gasteiger charge is -2.39. The number of piperidine rings is 2. The van der Waals surface area contributed by atoms with E-state index in [4.69, 9.17) is 21.3 Å². The molecule has 0 bridgehead atoms. The van der Waals surface area contributed by atoms with Crippen LogP contribution >= 0.6 is 11.6 Å². The van der Waals surface area contributed by atoms with E-state index in [1.54, 1.807) is 24.4 Å². The first-order chi connectivity index (χ1) is 28.0. The van der Waals surface area contributed by atoms with Crippen molar-refractivity contribution < 1.29 is 23.9 Å². The smallest absolute Gasteiger partial charge is 0.262 e. The number of aromatic nitrogens is 2. The highest BCUT2D eigenvalue weighted by Crippen LogP contribution is 2.35. The summed E-state index contributed by atoms with van der Waals surface area (Å²) in [4.78, 5) is 68.0. The van der Waals surface area contributed by atoms with Crippen molar-refractivity contribution in [1.82, 2.24) is 25.1 Å². The van der Waals surface area contributed by atoms with Crippen LogP contribution in [0.15, 0.2) is 72.9 Å². The fourth-order valence-electron chi connectivity index (χ4n) is 8.45. The number of fused-ring (bicyclic) bond motifs is 1. The molecule has 4 aliphatic rings. The molecular formula is C44H45ClN8O5. The van der Waals surface area contributed by atoms with Crippen molar-refractivity contribution in [2.45, 2.75) is 57.6 Å². The minimum atomic E-state index is -0.970. The molecule has 3 saturated heterocycles. The first kappa shape index (κ1) is 39.0. The van der Waals surface area contributed by atoms with Crippen molar-refractivity contribution in [2.75, 3.05) is 55.6 Å². The third-order valence-corrected chi connectivity index (χ3v) is 12.2. The van der Waals surface area contributed by atoms with Gasteiger partial charge in [0.2, 0.25) is 17.8 Å². The van der Waals surface area contributed by atoms with E-state index in [1.165, 1.54) is 0 Å². The second-order valence-electron chi connectivity index (χ2n) is 16.0. The molecule has 0 spiro atoms. The average Bonchev–Trinajstić information content (AvgIpc) is 3.48. The van der Waals surface area contributed by atoms with E-state index in [9.17, 15) is 24.4 Å². The summed E-state index contributed by atoms with van der Waals surface area (Å²) in [5.41, 5.74) is 4.54. The zero-order valence-electron chi connectivity index (χ0n) is 32.6. The Balaban J connectivity index is 0.794. The number of hydrogen-bond donors (Lipinski definition) is 1. The number of nitriles is 1. The van der Waals surface area contributed by atoms with Gasteiger partial charge >= 0.3 is 0 Å². The van der Waals surface area contributed by atoms with Crippen LogP contribution in [-0.2, 0) is 21.6 Å². The molecular weight excluding hydrogens is 756 g/mol. The molecule has 5 heterocycles. The predicted octanol–water partition coefficient (Wildman–Crippen LogP) is 5.35. The first-order valence-electron chi connectivity index (χ1n) is 19.8. The van der Waals surface area contributed by atoms with Gasteiger partial charge < -0.3 is 14.5 Å². The number of amides is 4. The molecule has 58 heavy (non-hydrogen) atoms. The van der Waals surface area contributed by atoms with Gasteiger partial charge in [0.05, 0.1) is 28.5 Å². The number of imide groups is 2. The van der Waals surface area contributed by atoms with E-state index in [1.807, 2.05) is 48.5 Å². The lowest BCUT2D eigenvalue weighted by atomic mass is 9.78. The van der Waals surface area contributed by atoms with Crippen molar-refractivity contribution in [3.8, 4) is 11.8 Å². The van der Waals surface area contributed by atoms with Gasteiger partial charge in [-0.05, 0) is 90.9 Å². The maximum atomic E-state index is 13.3. The van der Waals surface area contributed by atoms with Gasteiger partial charge in [0, 0.05) is 74.6 Å². The molecule has 1 N–H and O–H groups in total. The van der Waals surface area contributed by atoms with Crippen LogP contribution in [-0.4, -0.2) is 95.3 Å². The molecule has 0 saturated carbocycles. The van der Waals surface area contributed by atoms with E-state index in [2.05, 4.69) is 44.9 Å². The molecule has 8 rings (SSSR count). The van der Waals surface area contributed by atoms with Gasteiger partial charge in [-0.1, -0.05) is 37.6 Å². The third-order valence-electron chi connectivity index (χ3n) is 12.0. The molecule has 3 fully saturated rings. The van der Waals surface area contributed by atoms with Gasteiger partial charge in [-0.2, -0.15) is 5.26 Å². The second-order valence-corrected chi connectivity index (χ2v) is 16.5. The number of anilines is 2. The molecule has 14 heteroatoms. The summed E-state index contributed by atoms with van der Waals surface area (Å²) in [5, 5.41) is 12.2. The number of ether oxygens (including phenoxy) is 1. The normalized spacial score (nSPS) is 19.3. The zero-order chi connectivity index (χ0) is 40.6. The number of hydrogen-bond acceptors (Lipinski definition) is 11. The Kier molecular flexibility index (Phi) is 10.9. The highest BCUT2D eigenvalue weighted by atomic mass is 35.5. The zero-order valence-corrected chi connectivity index (χ0v) is 33.4. The van der Waals surface area contributed by atoms with Crippen LogP contribution in [0, 0.1) is 17.2 Å². The highest BCUT2D eigenvalue weighted by Gasteiger charge is 2.45. The fraction of sp³-hybridized carbons (Fsp3) is 0.386.